The van der Waals surface area contributed by atoms with Gasteiger partial charge in [-0.05, 0) is 48.7 Å². The molecule has 0 saturated carbocycles. The maximum Gasteiger partial charge on any atom is 0.253 e. The summed E-state index contributed by atoms with van der Waals surface area (Å²) < 4.78 is 0. The van der Waals surface area contributed by atoms with Crippen LogP contribution in [-0.2, 0) is 4.79 Å². The fourth-order valence-electron chi connectivity index (χ4n) is 4.29. The quantitative estimate of drug-likeness (QED) is 0.529. The smallest absolute Gasteiger partial charge is 0.253 e. The van der Waals surface area contributed by atoms with E-state index >= 15 is 0 Å². The Morgan fingerprint density at radius 2 is 1.82 bits per heavy atom. The molecule has 0 bridgehead atoms. The van der Waals surface area contributed by atoms with Gasteiger partial charge in [0, 0.05) is 36.8 Å². The van der Waals surface area contributed by atoms with Gasteiger partial charge in [0.25, 0.3) is 5.91 Å². The summed E-state index contributed by atoms with van der Waals surface area (Å²) in [5.41, 5.74) is 2.30. The zero-order chi connectivity index (χ0) is 23.9. The van der Waals surface area contributed by atoms with E-state index in [1.165, 1.54) is 0 Å². The van der Waals surface area contributed by atoms with Gasteiger partial charge in [-0.15, -0.1) is 0 Å². The average Bonchev–Trinajstić information content (AvgIpc) is 3.12. The van der Waals surface area contributed by atoms with Crippen molar-refractivity contribution in [2.75, 3.05) is 36.4 Å². The largest absolute Gasteiger partial charge is 0.355 e. The van der Waals surface area contributed by atoms with Gasteiger partial charge in [-0.25, -0.2) is 4.98 Å². The third kappa shape index (κ3) is 5.75. The summed E-state index contributed by atoms with van der Waals surface area (Å²) in [6.45, 7) is 4.81. The second kappa shape index (κ2) is 11.2. The summed E-state index contributed by atoms with van der Waals surface area (Å²) in [6.07, 6.45) is 3.27. The van der Waals surface area contributed by atoms with Crippen molar-refractivity contribution in [1.29, 1.82) is 0 Å². The number of amides is 2. The van der Waals surface area contributed by atoms with Gasteiger partial charge in [0.05, 0.1) is 17.8 Å². The topological polar surface area (TPSA) is 65.5 Å². The number of aromatic nitrogens is 1. The number of rotatable bonds is 6. The summed E-state index contributed by atoms with van der Waals surface area (Å²) in [7, 11) is 0. The summed E-state index contributed by atoms with van der Waals surface area (Å²) in [6, 6.07) is 20.7. The molecule has 2 heterocycles. The third-order valence-corrected chi connectivity index (χ3v) is 6.36. The minimum Gasteiger partial charge on any atom is -0.355 e. The van der Waals surface area contributed by atoms with E-state index < -0.39 is 0 Å². The molecular formula is C27H29ClN4O2. The number of hydrogen-bond acceptors (Lipinski definition) is 4. The van der Waals surface area contributed by atoms with Crippen molar-refractivity contribution in [3.63, 3.8) is 0 Å². The van der Waals surface area contributed by atoms with Crippen LogP contribution in [0.2, 0.25) is 5.02 Å². The molecule has 0 spiro atoms. The molecule has 2 amide bonds. The Bertz CT molecular complexity index is 1120. The lowest BCUT2D eigenvalue weighted by Crippen LogP contribution is -2.35. The number of carbonyl (C=O) groups is 2. The van der Waals surface area contributed by atoms with Crippen LogP contribution in [0.25, 0.3) is 0 Å². The molecule has 1 fully saturated rings. The highest BCUT2D eigenvalue weighted by Gasteiger charge is 2.22. The van der Waals surface area contributed by atoms with E-state index in [2.05, 4.69) is 15.2 Å². The number of nitrogens with zero attached hydrogens (tertiary/aromatic N) is 3. The lowest BCUT2D eigenvalue weighted by Gasteiger charge is -2.23. The first kappa shape index (κ1) is 23.8. The number of nitrogens with one attached hydrogen (secondary N) is 1. The van der Waals surface area contributed by atoms with Crippen molar-refractivity contribution in [2.45, 2.75) is 25.7 Å². The van der Waals surface area contributed by atoms with Crippen molar-refractivity contribution in [1.82, 2.24) is 9.88 Å². The Hall–Kier alpha value is -3.38. The molecule has 0 radical (unpaired) electrons. The molecule has 34 heavy (non-hydrogen) atoms. The van der Waals surface area contributed by atoms with Crippen molar-refractivity contribution in [2.24, 2.45) is 0 Å². The van der Waals surface area contributed by atoms with Crippen molar-refractivity contribution in [3.8, 4) is 0 Å². The van der Waals surface area contributed by atoms with Crippen LogP contribution < -0.4 is 10.2 Å². The number of carbonyl (C=O) groups excluding carboxylic acids is 2. The summed E-state index contributed by atoms with van der Waals surface area (Å²) in [5.74, 6) is 0.604. The van der Waals surface area contributed by atoms with Gasteiger partial charge in [0.1, 0.15) is 5.82 Å². The maximum atomic E-state index is 12.9. The first-order valence-electron chi connectivity index (χ1n) is 11.7. The van der Waals surface area contributed by atoms with E-state index in [9.17, 15) is 9.59 Å². The van der Waals surface area contributed by atoms with Gasteiger partial charge in [0.2, 0.25) is 5.91 Å². The summed E-state index contributed by atoms with van der Waals surface area (Å²) in [5, 5.41) is 3.56. The number of hydrogen-bond donors (Lipinski definition) is 1. The fourth-order valence-corrected chi connectivity index (χ4v) is 4.48. The van der Waals surface area contributed by atoms with Gasteiger partial charge < -0.3 is 15.1 Å². The van der Waals surface area contributed by atoms with Crippen LogP contribution >= 0.6 is 11.6 Å². The van der Waals surface area contributed by atoms with Crippen molar-refractivity contribution >= 4 is 34.9 Å². The number of pyridine rings is 1. The maximum absolute atomic E-state index is 12.9. The Kier molecular flexibility index (Phi) is 7.80. The van der Waals surface area contributed by atoms with Crippen LogP contribution in [0.4, 0.5) is 11.5 Å². The van der Waals surface area contributed by atoms with Crippen LogP contribution in [-0.4, -0.2) is 47.9 Å². The van der Waals surface area contributed by atoms with E-state index in [1.807, 2.05) is 54.3 Å². The Labute approximate surface area is 205 Å². The van der Waals surface area contributed by atoms with Gasteiger partial charge in [0.15, 0.2) is 0 Å². The van der Waals surface area contributed by atoms with Crippen LogP contribution in [0.1, 0.15) is 41.6 Å². The van der Waals surface area contributed by atoms with E-state index in [-0.39, 0.29) is 17.7 Å². The highest BCUT2D eigenvalue weighted by atomic mass is 35.5. The Morgan fingerprint density at radius 3 is 2.53 bits per heavy atom. The normalized spacial score (nSPS) is 14.9. The van der Waals surface area contributed by atoms with Crippen molar-refractivity contribution in [3.05, 3.63) is 89.1 Å². The fraction of sp³-hybridized carbons (Fsp3) is 0.296. The van der Waals surface area contributed by atoms with E-state index in [0.717, 1.165) is 30.8 Å². The second-order valence-electron chi connectivity index (χ2n) is 8.41. The lowest BCUT2D eigenvalue weighted by atomic mass is 9.95. The molecule has 6 nitrogen and oxygen atoms in total. The molecule has 1 aliphatic heterocycles. The van der Waals surface area contributed by atoms with Gasteiger partial charge in [-0.3, -0.25) is 9.59 Å². The third-order valence-electron chi connectivity index (χ3n) is 6.12. The van der Waals surface area contributed by atoms with Crippen LogP contribution in [0, 0.1) is 0 Å². The first-order chi connectivity index (χ1) is 16.5. The first-order valence-corrected chi connectivity index (χ1v) is 12.0. The minimum atomic E-state index is -0.200. The molecule has 3 aromatic rings. The molecule has 0 aliphatic carbocycles. The highest BCUT2D eigenvalue weighted by molar-refractivity contribution is 6.30. The minimum absolute atomic E-state index is 0.000682. The standard InChI is InChI=1S/C27H29ClN4O2/c1-2-24(20-8-4-3-5-9-20)26(33)30-23-12-13-25(29-19-23)31-14-7-15-32(17-16-31)27(34)21-10-6-11-22(28)18-21/h3-6,8-13,18-19,24H,2,7,14-17H2,1H3,(H,30,33)/t24-/m1/s1. The molecule has 1 aromatic heterocycles. The van der Waals surface area contributed by atoms with Gasteiger partial charge >= 0.3 is 0 Å². The number of anilines is 2. The average molecular weight is 477 g/mol. The molecule has 1 saturated heterocycles. The summed E-state index contributed by atoms with van der Waals surface area (Å²) >= 11 is 6.05. The molecule has 7 heteroatoms. The lowest BCUT2D eigenvalue weighted by molar-refractivity contribution is -0.117. The molecule has 2 aromatic carbocycles. The summed E-state index contributed by atoms with van der Waals surface area (Å²) in [4.78, 5) is 34.3. The Balaban J connectivity index is 1.36. The molecule has 1 aliphatic rings. The molecular weight excluding hydrogens is 448 g/mol. The predicted molar refractivity (Wildman–Crippen MR) is 137 cm³/mol. The molecule has 0 unspecified atom stereocenters. The molecule has 4 rings (SSSR count). The Morgan fingerprint density at radius 1 is 1.00 bits per heavy atom. The van der Waals surface area contributed by atoms with E-state index in [0.29, 0.717) is 35.9 Å². The molecule has 1 atom stereocenters. The highest BCUT2D eigenvalue weighted by Crippen LogP contribution is 2.23. The van der Waals surface area contributed by atoms with Crippen LogP contribution in [0.15, 0.2) is 72.9 Å². The SMILES string of the molecule is CC[C@@H](C(=O)Nc1ccc(N2CCCN(C(=O)c3cccc(Cl)c3)CC2)nc1)c1ccccc1. The van der Waals surface area contributed by atoms with Gasteiger partial charge in [-0.2, -0.15) is 0 Å². The zero-order valence-corrected chi connectivity index (χ0v) is 20.0. The van der Waals surface area contributed by atoms with Crippen LogP contribution in [0.3, 0.4) is 0 Å². The van der Waals surface area contributed by atoms with Crippen LogP contribution in [0.5, 0.6) is 0 Å². The number of benzene rings is 2. The van der Waals surface area contributed by atoms with Gasteiger partial charge in [-0.1, -0.05) is 54.9 Å². The monoisotopic (exact) mass is 476 g/mol. The van der Waals surface area contributed by atoms with E-state index in [1.54, 1.807) is 30.5 Å². The molecule has 1 N–H and O–H groups in total. The van der Waals surface area contributed by atoms with Crippen molar-refractivity contribution < 1.29 is 9.59 Å². The zero-order valence-electron chi connectivity index (χ0n) is 19.3. The second-order valence-corrected chi connectivity index (χ2v) is 8.85. The van der Waals surface area contributed by atoms with E-state index in [4.69, 9.17) is 11.6 Å². The predicted octanol–water partition coefficient (Wildman–Crippen LogP) is 5.22. The number of halogens is 1. The molecule has 176 valence electrons.